The lowest BCUT2D eigenvalue weighted by atomic mass is 10.2. The number of carbonyl (C=O) groups is 2. The number of aliphatic carboxylic acids is 1. The monoisotopic (exact) mass is 311 g/mol. The SMILES string of the molecule is COCCCC(=O)Nc1cccc(CSCCC(=O)O)c1. The number of benzene rings is 1. The van der Waals surface area contributed by atoms with Crippen molar-refractivity contribution in [1.82, 2.24) is 0 Å². The van der Waals surface area contributed by atoms with Crippen LogP contribution >= 0.6 is 11.8 Å². The van der Waals surface area contributed by atoms with Gasteiger partial charge in [0.25, 0.3) is 0 Å². The molecule has 5 nitrogen and oxygen atoms in total. The van der Waals surface area contributed by atoms with Crippen LogP contribution in [0, 0.1) is 0 Å². The lowest BCUT2D eigenvalue weighted by molar-refractivity contribution is -0.136. The van der Waals surface area contributed by atoms with Gasteiger partial charge in [-0.1, -0.05) is 12.1 Å². The standard InChI is InChI=1S/C15H21NO4S/c1-20-8-3-6-14(17)16-13-5-2-4-12(10-13)11-21-9-7-15(18)19/h2,4-5,10H,3,6-9,11H2,1H3,(H,16,17)(H,18,19). The highest BCUT2D eigenvalue weighted by molar-refractivity contribution is 7.98. The van der Waals surface area contributed by atoms with Gasteiger partial charge in [-0.2, -0.15) is 11.8 Å². The van der Waals surface area contributed by atoms with E-state index in [9.17, 15) is 9.59 Å². The molecule has 0 saturated heterocycles. The minimum Gasteiger partial charge on any atom is -0.481 e. The Morgan fingerprint density at radius 1 is 1.33 bits per heavy atom. The Morgan fingerprint density at radius 3 is 2.86 bits per heavy atom. The first kappa shape index (κ1) is 17.5. The number of nitrogens with one attached hydrogen (secondary N) is 1. The second-order valence-electron chi connectivity index (χ2n) is 4.54. The van der Waals surface area contributed by atoms with Gasteiger partial charge in [0.1, 0.15) is 0 Å². The van der Waals surface area contributed by atoms with Crippen LogP contribution in [0.15, 0.2) is 24.3 Å². The number of thioether (sulfide) groups is 1. The summed E-state index contributed by atoms with van der Waals surface area (Å²) in [5.41, 5.74) is 1.84. The number of anilines is 1. The summed E-state index contributed by atoms with van der Waals surface area (Å²) in [6.45, 7) is 0.577. The maximum atomic E-state index is 11.7. The molecule has 0 aliphatic heterocycles. The Bertz CT molecular complexity index is 465. The molecule has 0 saturated carbocycles. The van der Waals surface area contributed by atoms with Crippen molar-refractivity contribution in [2.24, 2.45) is 0 Å². The first-order valence-electron chi connectivity index (χ1n) is 6.79. The first-order chi connectivity index (χ1) is 10.1. The van der Waals surface area contributed by atoms with E-state index in [-0.39, 0.29) is 12.3 Å². The average Bonchev–Trinajstić information content (AvgIpc) is 2.44. The van der Waals surface area contributed by atoms with E-state index in [0.29, 0.717) is 25.2 Å². The van der Waals surface area contributed by atoms with Crippen LogP contribution in [0.4, 0.5) is 5.69 Å². The number of methoxy groups -OCH3 is 1. The van der Waals surface area contributed by atoms with Crippen molar-refractivity contribution in [3.05, 3.63) is 29.8 Å². The molecule has 1 aromatic rings. The molecule has 21 heavy (non-hydrogen) atoms. The number of hydrogen-bond acceptors (Lipinski definition) is 4. The number of carboxylic acid groups (broad SMARTS) is 1. The van der Waals surface area contributed by atoms with Gasteiger partial charge in [-0.15, -0.1) is 0 Å². The van der Waals surface area contributed by atoms with Crippen molar-refractivity contribution in [2.45, 2.75) is 25.0 Å². The predicted molar refractivity (Wildman–Crippen MR) is 84.6 cm³/mol. The van der Waals surface area contributed by atoms with Gasteiger partial charge in [0.2, 0.25) is 5.91 Å². The Labute approximate surface area is 129 Å². The van der Waals surface area contributed by atoms with Gasteiger partial charge in [-0.25, -0.2) is 0 Å². The number of rotatable bonds is 10. The minimum absolute atomic E-state index is 0.0252. The lowest BCUT2D eigenvalue weighted by Gasteiger charge is -2.07. The van der Waals surface area contributed by atoms with Crippen molar-refractivity contribution in [3.63, 3.8) is 0 Å². The molecule has 0 aromatic heterocycles. The van der Waals surface area contributed by atoms with E-state index in [0.717, 1.165) is 17.0 Å². The van der Waals surface area contributed by atoms with Gasteiger partial charge in [-0.3, -0.25) is 9.59 Å². The average molecular weight is 311 g/mol. The molecule has 2 N–H and O–H groups in total. The molecule has 1 rings (SSSR count). The van der Waals surface area contributed by atoms with Crippen LogP contribution in [0.5, 0.6) is 0 Å². The van der Waals surface area contributed by atoms with Crippen LogP contribution in [0.25, 0.3) is 0 Å². The summed E-state index contributed by atoms with van der Waals surface area (Å²) in [6, 6.07) is 7.62. The van der Waals surface area contributed by atoms with Crippen molar-refractivity contribution in [2.75, 3.05) is 24.8 Å². The largest absolute Gasteiger partial charge is 0.481 e. The first-order valence-corrected chi connectivity index (χ1v) is 7.94. The highest BCUT2D eigenvalue weighted by atomic mass is 32.2. The van der Waals surface area contributed by atoms with Crippen molar-refractivity contribution >= 4 is 29.3 Å². The fourth-order valence-corrected chi connectivity index (χ4v) is 2.57. The van der Waals surface area contributed by atoms with E-state index in [1.807, 2.05) is 24.3 Å². The van der Waals surface area contributed by atoms with Gasteiger partial charge in [-0.05, 0) is 24.1 Å². The van der Waals surface area contributed by atoms with Crippen molar-refractivity contribution < 1.29 is 19.4 Å². The molecule has 116 valence electrons. The maximum absolute atomic E-state index is 11.7. The van der Waals surface area contributed by atoms with Crippen molar-refractivity contribution in [1.29, 1.82) is 0 Å². The summed E-state index contributed by atoms with van der Waals surface area (Å²) < 4.78 is 4.91. The third kappa shape index (κ3) is 8.37. The van der Waals surface area contributed by atoms with Gasteiger partial charge in [0, 0.05) is 37.3 Å². The molecule has 0 radical (unpaired) electrons. The minimum atomic E-state index is -0.778. The molecule has 0 bridgehead atoms. The van der Waals surface area contributed by atoms with Gasteiger partial charge < -0.3 is 15.2 Å². The molecule has 0 heterocycles. The number of carbonyl (C=O) groups excluding carboxylic acids is 1. The van der Waals surface area contributed by atoms with Crippen LogP contribution in [0.1, 0.15) is 24.8 Å². The summed E-state index contributed by atoms with van der Waals surface area (Å²) >= 11 is 1.57. The van der Waals surface area contributed by atoms with Crippen LogP contribution in [0.2, 0.25) is 0 Å². The Balaban J connectivity index is 2.37. The normalized spacial score (nSPS) is 10.3. The number of hydrogen-bond donors (Lipinski definition) is 2. The van der Waals surface area contributed by atoms with E-state index in [1.54, 1.807) is 18.9 Å². The molecule has 0 aliphatic rings. The Kier molecular flexibility index (Phi) is 8.54. The topological polar surface area (TPSA) is 75.6 Å². The lowest BCUT2D eigenvalue weighted by Crippen LogP contribution is -2.12. The molecule has 6 heteroatoms. The van der Waals surface area contributed by atoms with E-state index >= 15 is 0 Å². The van der Waals surface area contributed by atoms with Crippen LogP contribution in [-0.2, 0) is 20.1 Å². The molecule has 1 amide bonds. The summed E-state index contributed by atoms with van der Waals surface area (Å²) in [6.07, 6.45) is 1.30. The maximum Gasteiger partial charge on any atom is 0.304 e. The third-order valence-corrected chi connectivity index (χ3v) is 3.72. The van der Waals surface area contributed by atoms with E-state index in [2.05, 4.69) is 5.32 Å². The van der Waals surface area contributed by atoms with Crippen LogP contribution in [-0.4, -0.2) is 36.5 Å². The van der Waals surface area contributed by atoms with E-state index in [4.69, 9.17) is 9.84 Å². The third-order valence-electron chi connectivity index (χ3n) is 2.69. The van der Waals surface area contributed by atoms with Crippen LogP contribution in [0.3, 0.4) is 0 Å². The fraction of sp³-hybridized carbons (Fsp3) is 0.467. The van der Waals surface area contributed by atoms with Gasteiger partial charge in [0.15, 0.2) is 0 Å². The number of carboxylic acids is 1. The predicted octanol–water partition coefficient (Wildman–Crippen LogP) is 2.76. The summed E-state index contributed by atoms with van der Waals surface area (Å²) in [5.74, 6) is 0.520. The zero-order chi connectivity index (χ0) is 15.5. The highest BCUT2D eigenvalue weighted by Gasteiger charge is 2.03. The molecule has 0 aliphatic carbocycles. The van der Waals surface area contributed by atoms with E-state index < -0.39 is 5.97 Å². The fourth-order valence-electron chi connectivity index (χ4n) is 1.69. The number of amides is 1. The zero-order valence-corrected chi connectivity index (χ0v) is 12.9. The van der Waals surface area contributed by atoms with E-state index in [1.165, 1.54) is 0 Å². The molecular weight excluding hydrogens is 290 g/mol. The Morgan fingerprint density at radius 2 is 2.14 bits per heavy atom. The van der Waals surface area contributed by atoms with Crippen LogP contribution < -0.4 is 5.32 Å². The van der Waals surface area contributed by atoms with Crippen molar-refractivity contribution in [3.8, 4) is 0 Å². The molecule has 0 unspecified atom stereocenters. The molecule has 0 fully saturated rings. The number of ether oxygens (including phenoxy) is 1. The quantitative estimate of drug-likeness (QED) is 0.650. The zero-order valence-electron chi connectivity index (χ0n) is 12.1. The van der Waals surface area contributed by atoms with Gasteiger partial charge >= 0.3 is 5.97 Å². The molecule has 1 aromatic carbocycles. The summed E-state index contributed by atoms with van der Waals surface area (Å²) in [4.78, 5) is 22.1. The molecular formula is C15H21NO4S. The summed E-state index contributed by atoms with van der Waals surface area (Å²) in [7, 11) is 1.61. The van der Waals surface area contributed by atoms with Gasteiger partial charge in [0.05, 0.1) is 6.42 Å². The highest BCUT2D eigenvalue weighted by Crippen LogP contribution is 2.17. The smallest absolute Gasteiger partial charge is 0.304 e. The Hall–Kier alpha value is -1.53. The summed E-state index contributed by atoms with van der Waals surface area (Å²) in [5, 5.41) is 11.4. The molecule has 0 atom stereocenters. The second kappa shape index (κ2) is 10.2. The second-order valence-corrected chi connectivity index (χ2v) is 5.65. The molecule has 0 spiro atoms.